The first-order chi connectivity index (χ1) is 12.5. The van der Waals surface area contributed by atoms with Crippen molar-refractivity contribution in [3.05, 3.63) is 38.9 Å². The van der Waals surface area contributed by atoms with Crippen molar-refractivity contribution in [2.24, 2.45) is 0 Å². The molecule has 1 aromatic heterocycles. The van der Waals surface area contributed by atoms with Crippen molar-refractivity contribution < 1.29 is 39.3 Å². The lowest BCUT2D eigenvalue weighted by atomic mass is 10.2. The Morgan fingerprint density at radius 2 is 1.54 bits per heavy atom. The fourth-order valence-electron chi connectivity index (χ4n) is 2.37. The van der Waals surface area contributed by atoms with Crippen LogP contribution in [-0.4, -0.2) is 17.5 Å². The van der Waals surface area contributed by atoms with Crippen molar-refractivity contribution in [1.29, 1.82) is 5.26 Å². The lowest BCUT2D eigenvalue weighted by Crippen LogP contribution is -2.13. The highest BCUT2D eigenvalue weighted by molar-refractivity contribution is 7.85. The van der Waals surface area contributed by atoms with Crippen molar-refractivity contribution in [3.8, 4) is 11.8 Å². The highest BCUT2D eigenvalue weighted by Gasteiger charge is 2.44. The first-order valence-electron chi connectivity index (χ1n) is 6.57. The maximum atomic E-state index is 13.3. The molecule has 3 N–H and O–H groups in total. The molecule has 2 aromatic rings. The Hall–Kier alpha value is -2.14. The van der Waals surface area contributed by atoms with Crippen LogP contribution < -0.4 is 5.73 Å². The molecule has 152 valence electrons. The zero-order valence-corrected chi connectivity index (χ0v) is 15.2. The van der Waals surface area contributed by atoms with Gasteiger partial charge in [0.2, 0.25) is 0 Å². The fourth-order valence-corrected chi connectivity index (χ4v) is 3.85. The minimum atomic E-state index is -5.54. The third kappa shape index (κ3) is 3.72. The molecule has 0 aliphatic rings. The average molecular weight is 468 g/mol. The highest BCUT2D eigenvalue weighted by atomic mass is 35.5. The largest absolute Gasteiger partial charge is 0.421 e. The van der Waals surface area contributed by atoms with E-state index in [0.717, 1.165) is 6.07 Å². The Bertz CT molecular complexity index is 1090. The Kier molecular flexibility index (Phi) is 5.32. The maximum absolute atomic E-state index is 13.3. The predicted molar refractivity (Wildman–Crippen MR) is 84.7 cm³/mol. The molecule has 0 amide bonds. The molecule has 2 rings (SSSR count). The monoisotopic (exact) mass is 467 g/mol. The number of hydrogen-bond donors (Lipinski definition) is 2. The molecular formula is C13H5Cl2F6N3O3S. The molecule has 0 atom stereocenters. The summed E-state index contributed by atoms with van der Waals surface area (Å²) in [5, 5.41) is 5.46. The summed E-state index contributed by atoms with van der Waals surface area (Å²) in [6.45, 7) is 0. The van der Waals surface area contributed by atoms with Gasteiger partial charge in [0.15, 0.2) is 5.03 Å². The Morgan fingerprint density at radius 3 is 1.86 bits per heavy atom. The van der Waals surface area contributed by atoms with Crippen LogP contribution >= 0.6 is 23.2 Å². The van der Waals surface area contributed by atoms with Crippen LogP contribution in [0.5, 0.6) is 0 Å². The van der Waals surface area contributed by atoms with Gasteiger partial charge in [-0.1, -0.05) is 23.2 Å². The molecule has 1 aromatic carbocycles. The minimum Gasteiger partial charge on any atom is -0.384 e. The van der Waals surface area contributed by atoms with E-state index in [9.17, 15) is 39.3 Å². The van der Waals surface area contributed by atoms with E-state index in [2.05, 4.69) is 0 Å². The SMILES string of the molecule is N#Cc1c(C(F)(F)F)c(N)n(-c2c(Cl)cc(C(F)(F)F)cc2Cl)c1S(=O)(=O)O. The van der Waals surface area contributed by atoms with Crippen LogP contribution in [0.4, 0.5) is 32.2 Å². The topological polar surface area (TPSA) is 109 Å². The van der Waals surface area contributed by atoms with E-state index < -0.39 is 65.7 Å². The summed E-state index contributed by atoms with van der Waals surface area (Å²) in [5.74, 6) is -1.43. The van der Waals surface area contributed by atoms with Gasteiger partial charge in [0.05, 0.1) is 21.3 Å². The van der Waals surface area contributed by atoms with Gasteiger partial charge in [-0.2, -0.15) is 40.0 Å². The summed E-state index contributed by atoms with van der Waals surface area (Å²) in [6, 6.07) is 1.48. The molecule has 0 unspecified atom stereocenters. The lowest BCUT2D eigenvalue weighted by molar-refractivity contribution is -0.138. The molecule has 0 radical (unpaired) electrons. The molecule has 0 saturated carbocycles. The Labute approximate surface area is 162 Å². The van der Waals surface area contributed by atoms with Gasteiger partial charge in [0.1, 0.15) is 23.0 Å². The summed E-state index contributed by atoms with van der Waals surface area (Å²) in [6.07, 6.45) is -10.3. The molecule has 0 aliphatic carbocycles. The van der Waals surface area contributed by atoms with Gasteiger partial charge in [-0.3, -0.25) is 9.12 Å². The van der Waals surface area contributed by atoms with Crippen LogP contribution in [0.3, 0.4) is 0 Å². The third-order valence-electron chi connectivity index (χ3n) is 3.37. The Morgan fingerprint density at radius 1 is 1.07 bits per heavy atom. The van der Waals surface area contributed by atoms with E-state index in [1.165, 1.54) is 0 Å². The minimum absolute atomic E-state index is 0.0401. The molecule has 28 heavy (non-hydrogen) atoms. The highest BCUT2D eigenvalue weighted by Crippen LogP contribution is 2.45. The number of hydrogen-bond acceptors (Lipinski definition) is 4. The van der Waals surface area contributed by atoms with E-state index in [4.69, 9.17) is 34.2 Å². The number of aromatic nitrogens is 1. The quantitative estimate of drug-likeness (QED) is 0.498. The third-order valence-corrected chi connectivity index (χ3v) is 4.82. The predicted octanol–water partition coefficient (Wildman–Crippen LogP) is 4.52. The smallest absolute Gasteiger partial charge is 0.384 e. The van der Waals surface area contributed by atoms with Gasteiger partial charge in [-0.05, 0) is 12.1 Å². The molecule has 1 heterocycles. The first kappa shape index (κ1) is 22.2. The molecular weight excluding hydrogens is 463 g/mol. The van der Waals surface area contributed by atoms with Gasteiger partial charge < -0.3 is 5.73 Å². The first-order valence-corrected chi connectivity index (χ1v) is 8.77. The normalized spacial score (nSPS) is 12.9. The van der Waals surface area contributed by atoms with E-state index in [0.29, 0.717) is 0 Å². The zero-order valence-electron chi connectivity index (χ0n) is 12.8. The van der Waals surface area contributed by atoms with Crippen LogP contribution in [0, 0.1) is 11.3 Å². The zero-order chi connectivity index (χ0) is 21.8. The summed E-state index contributed by atoms with van der Waals surface area (Å²) in [4.78, 5) is 0. The van der Waals surface area contributed by atoms with Crippen LogP contribution in [-0.2, 0) is 22.5 Å². The molecule has 0 saturated heterocycles. The number of nitrogens with two attached hydrogens (primary N) is 1. The number of halogens is 8. The molecule has 6 nitrogen and oxygen atoms in total. The Balaban J connectivity index is 3.08. The van der Waals surface area contributed by atoms with E-state index in [1.807, 2.05) is 0 Å². The summed E-state index contributed by atoms with van der Waals surface area (Å²) in [7, 11) is -5.54. The number of nitrogens with zero attached hydrogens (tertiary/aromatic N) is 2. The molecule has 0 bridgehead atoms. The van der Waals surface area contributed by atoms with Crippen LogP contribution in [0.25, 0.3) is 5.69 Å². The van der Waals surface area contributed by atoms with E-state index in [-0.39, 0.29) is 16.7 Å². The van der Waals surface area contributed by atoms with Crippen molar-refractivity contribution in [3.63, 3.8) is 0 Å². The second kappa shape index (κ2) is 6.73. The second-order valence-electron chi connectivity index (χ2n) is 5.15. The van der Waals surface area contributed by atoms with Crippen LogP contribution in [0.2, 0.25) is 10.0 Å². The summed E-state index contributed by atoms with van der Waals surface area (Å²) >= 11 is 11.4. The number of anilines is 1. The van der Waals surface area contributed by atoms with Gasteiger partial charge in [-0.25, -0.2) is 0 Å². The van der Waals surface area contributed by atoms with Crippen molar-refractivity contribution >= 4 is 39.1 Å². The summed E-state index contributed by atoms with van der Waals surface area (Å²) in [5.41, 5.74) is -0.481. The number of nitriles is 1. The molecule has 0 fully saturated rings. The van der Waals surface area contributed by atoms with Gasteiger partial charge in [0, 0.05) is 0 Å². The van der Waals surface area contributed by atoms with Gasteiger partial charge in [0.25, 0.3) is 0 Å². The second-order valence-corrected chi connectivity index (χ2v) is 7.30. The van der Waals surface area contributed by atoms with Gasteiger partial charge in [-0.15, -0.1) is 0 Å². The van der Waals surface area contributed by atoms with Crippen LogP contribution in [0.1, 0.15) is 16.7 Å². The number of nitrogen functional groups attached to an aromatic ring is 1. The van der Waals surface area contributed by atoms with Crippen LogP contribution in [0.15, 0.2) is 17.2 Å². The number of benzene rings is 1. The van der Waals surface area contributed by atoms with Crippen molar-refractivity contribution in [2.75, 3.05) is 5.73 Å². The number of rotatable bonds is 2. The molecule has 0 spiro atoms. The van der Waals surface area contributed by atoms with Crippen molar-refractivity contribution in [1.82, 2.24) is 4.57 Å². The lowest BCUT2D eigenvalue weighted by Gasteiger charge is -2.16. The molecule has 15 heteroatoms. The standard InChI is InChI=1S/C13H5Cl2F6N3O3S/c14-6-1-4(12(16,17)18)2-7(15)9(6)24-10(23)8(13(19,20)21)5(3-22)11(24)28(25,26)27/h1-2H,23H2,(H,25,26,27). The maximum Gasteiger partial charge on any atom is 0.421 e. The average Bonchev–Trinajstić information content (AvgIpc) is 2.78. The van der Waals surface area contributed by atoms with E-state index in [1.54, 1.807) is 0 Å². The van der Waals surface area contributed by atoms with Gasteiger partial charge >= 0.3 is 22.5 Å². The summed E-state index contributed by atoms with van der Waals surface area (Å²) < 4.78 is 111. The fraction of sp³-hybridized carbons (Fsp3) is 0.154. The molecule has 0 aliphatic heterocycles. The van der Waals surface area contributed by atoms with E-state index >= 15 is 0 Å². The van der Waals surface area contributed by atoms with Crippen molar-refractivity contribution in [2.45, 2.75) is 17.4 Å². The number of alkyl halides is 6.